The Morgan fingerprint density at radius 2 is 1.88 bits per heavy atom. The van der Waals surface area contributed by atoms with Crippen molar-refractivity contribution in [2.45, 2.75) is 12.3 Å². The van der Waals surface area contributed by atoms with Gasteiger partial charge in [0.05, 0.1) is 17.0 Å². The predicted molar refractivity (Wildman–Crippen MR) is 103 cm³/mol. The van der Waals surface area contributed by atoms with E-state index in [4.69, 9.17) is 27.5 Å². The second-order valence-electron chi connectivity index (χ2n) is 5.28. The van der Waals surface area contributed by atoms with E-state index in [0.717, 1.165) is 5.56 Å². The lowest BCUT2D eigenvalue weighted by molar-refractivity contribution is -0.137. The monoisotopic (exact) mass is 447 g/mol. The summed E-state index contributed by atoms with van der Waals surface area (Å²) in [6.45, 7) is 0.176. The highest BCUT2D eigenvalue weighted by Crippen LogP contribution is 2.37. The number of aliphatic carboxylic acids is 1. The van der Waals surface area contributed by atoms with Crippen molar-refractivity contribution in [3.8, 4) is 11.1 Å². The smallest absolute Gasteiger partial charge is 0.335 e. The summed E-state index contributed by atoms with van der Waals surface area (Å²) < 4.78 is 0.598. The first-order valence-electron chi connectivity index (χ1n) is 7.08. The minimum absolute atomic E-state index is 0. The molecule has 0 aliphatic rings. The van der Waals surface area contributed by atoms with Gasteiger partial charge in [-0.1, -0.05) is 23.7 Å². The van der Waals surface area contributed by atoms with Gasteiger partial charge in [0, 0.05) is 16.0 Å². The van der Waals surface area contributed by atoms with Gasteiger partial charge in [-0.2, -0.15) is 0 Å². The fourth-order valence-corrected chi connectivity index (χ4v) is 3.12. The van der Waals surface area contributed by atoms with E-state index in [1.54, 1.807) is 24.3 Å². The van der Waals surface area contributed by atoms with Crippen LogP contribution in [-0.4, -0.2) is 28.7 Å². The summed E-state index contributed by atoms with van der Waals surface area (Å²) in [6, 6.07) is 9.90. The molecular formula is C17H16BrCl2NO4. The largest absolute Gasteiger partial charge is 0.481 e. The first-order valence-corrected chi connectivity index (χ1v) is 8.25. The highest BCUT2D eigenvalue weighted by atomic mass is 79.9. The van der Waals surface area contributed by atoms with Crippen LogP contribution in [0.25, 0.3) is 11.1 Å². The number of halogens is 3. The number of benzene rings is 2. The number of carboxylic acid groups (broad SMARTS) is 2. The summed E-state index contributed by atoms with van der Waals surface area (Å²) in [5.41, 5.74) is 7.83. The Hall–Kier alpha value is -1.60. The minimum atomic E-state index is -1.03. The molecule has 0 heterocycles. The van der Waals surface area contributed by atoms with Crippen LogP contribution < -0.4 is 5.73 Å². The average molecular weight is 449 g/mol. The second-order valence-corrected chi connectivity index (χ2v) is 6.51. The van der Waals surface area contributed by atoms with Crippen LogP contribution in [0.1, 0.15) is 28.3 Å². The maximum absolute atomic E-state index is 11.2. The normalized spacial score (nSPS) is 11.5. The molecule has 0 spiro atoms. The maximum Gasteiger partial charge on any atom is 0.335 e. The van der Waals surface area contributed by atoms with Crippen molar-refractivity contribution >= 4 is 51.9 Å². The summed E-state index contributed by atoms with van der Waals surface area (Å²) in [4.78, 5) is 22.2. The van der Waals surface area contributed by atoms with E-state index < -0.39 is 11.9 Å². The van der Waals surface area contributed by atoms with Crippen LogP contribution in [0.15, 0.2) is 40.9 Å². The molecule has 0 unspecified atom stereocenters. The molecule has 1 atom stereocenters. The maximum atomic E-state index is 11.2. The number of hydrogen-bond acceptors (Lipinski definition) is 3. The van der Waals surface area contributed by atoms with Crippen LogP contribution in [0.3, 0.4) is 0 Å². The van der Waals surface area contributed by atoms with Gasteiger partial charge < -0.3 is 15.9 Å². The number of aromatic carboxylic acids is 1. The fraction of sp³-hybridized carbons (Fsp3) is 0.176. The van der Waals surface area contributed by atoms with E-state index in [-0.39, 0.29) is 36.9 Å². The van der Waals surface area contributed by atoms with Crippen LogP contribution in [0.5, 0.6) is 0 Å². The van der Waals surface area contributed by atoms with Crippen LogP contribution >= 0.6 is 39.9 Å². The van der Waals surface area contributed by atoms with Gasteiger partial charge in [-0.15, -0.1) is 12.4 Å². The Bertz CT molecular complexity index is 798. The van der Waals surface area contributed by atoms with Gasteiger partial charge in [0.25, 0.3) is 0 Å². The molecule has 0 bridgehead atoms. The molecule has 0 aliphatic carbocycles. The van der Waals surface area contributed by atoms with Gasteiger partial charge in [0.2, 0.25) is 0 Å². The van der Waals surface area contributed by atoms with Crippen molar-refractivity contribution in [1.29, 1.82) is 0 Å². The zero-order valence-corrected chi connectivity index (χ0v) is 16.1. The van der Waals surface area contributed by atoms with Crippen LogP contribution in [0.4, 0.5) is 0 Å². The molecule has 0 saturated carbocycles. The van der Waals surface area contributed by atoms with Gasteiger partial charge in [-0.05, 0) is 57.9 Å². The molecule has 2 aromatic carbocycles. The Kier molecular flexibility index (Phi) is 7.89. The van der Waals surface area contributed by atoms with Crippen molar-refractivity contribution in [2.75, 3.05) is 6.54 Å². The zero-order chi connectivity index (χ0) is 17.9. The van der Waals surface area contributed by atoms with E-state index in [1.807, 2.05) is 0 Å². The lowest BCUT2D eigenvalue weighted by Gasteiger charge is -2.17. The Balaban J connectivity index is 0.00000312. The first-order chi connectivity index (χ1) is 11.3. The van der Waals surface area contributed by atoms with Crippen LogP contribution in [-0.2, 0) is 4.79 Å². The van der Waals surface area contributed by atoms with Gasteiger partial charge in [-0.25, -0.2) is 4.79 Å². The lowest BCUT2D eigenvalue weighted by Crippen LogP contribution is -2.16. The van der Waals surface area contributed by atoms with Gasteiger partial charge in [0.15, 0.2) is 0 Å². The van der Waals surface area contributed by atoms with Gasteiger partial charge in [-0.3, -0.25) is 4.79 Å². The molecule has 0 amide bonds. The Morgan fingerprint density at radius 3 is 2.44 bits per heavy atom. The summed E-state index contributed by atoms with van der Waals surface area (Å²) in [7, 11) is 0. The molecule has 4 N–H and O–H groups in total. The number of rotatable bonds is 6. The summed E-state index contributed by atoms with van der Waals surface area (Å²) >= 11 is 9.71. The molecule has 2 aromatic rings. The highest BCUT2D eigenvalue weighted by molar-refractivity contribution is 9.10. The molecule has 2 rings (SSSR count). The van der Waals surface area contributed by atoms with E-state index in [9.17, 15) is 9.59 Å². The molecule has 134 valence electrons. The number of carbonyl (C=O) groups is 2. The third-order valence-corrected chi connectivity index (χ3v) is 4.91. The van der Waals surface area contributed by atoms with Gasteiger partial charge in [0.1, 0.15) is 0 Å². The quantitative estimate of drug-likeness (QED) is 0.607. The summed E-state index contributed by atoms with van der Waals surface area (Å²) in [6.07, 6.45) is -0.0980. The second kappa shape index (κ2) is 9.20. The number of hydrogen-bond donors (Lipinski definition) is 3. The standard InChI is InChI=1S/C17H15BrClNO4.ClH/c18-14-6-11(12(8-20)7-15(21)22)5-13(16(14)19)9-2-1-3-10(4-9)17(23)24;/h1-6,12H,7-8,20H2,(H,21,22)(H,23,24);1H/t12-;/m0./s1. The highest BCUT2D eigenvalue weighted by Gasteiger charge is 2.18. The van der Waals surface area contributed by atoms with Crippen molar-refractivity contribution < 1.29 is 19.8 Å². The zero-order valence-electron chi connectivity index (χ0n) is 12.9. The molecular weight excluding hydrogens is 433 g/mol. The molecule has 0 aliphatic heterocycles. The van der Waals surface area contributed by atoms with E-state index in [2.05, 4.69) is 15.9 Å². The third kappa shape index (κ3) is 5.19. The lowest BCUT2D eigenvalue weighted by atomic mass is 9.92. The Morgan fingerprint density at radius 1 is 1.20 bits per heavy atom. The topological polar surface area (TPSA) is 101 Å². The Labute approximate surface area is 164 Å². The number of nitrogens with two attached hydrogens (primary N) is 1. The van der Waals surface area contributed by atoms with Crippen LogP contribution in [0, 0.1) is 0 Å². The molecule has 0 saturated heterocycles. The molecule has 0 fully saturated rings. The minimum Gasteiger partial charge on any atom is -0.481 e. The van der Waals surface area contributed by atoms with Crippen LogP contribution in [0.2, 0.25) is 5.02 Å². The van der Waals surface area contributed by atoms with Crippen molar-refractivity contribution in [3.63, 3.8) is 0 Å². The predicted octanol–water partition coefficient (Wildman–Crippen LogP) is 4.41. The van der Waals surface area contributed by atoms with Crippen molar-refractivity contribution in [2.24, 2.45) is 5.73 Å². The fourth-order valence-electron chi connectivity index (χ4n) is 2.42. The first kappa shape index (κ1) is 21.4. The van der Waals surface area contributed by atoms with Gasteiger partial charge >= 0.3 is 11.9 Å². The molecule has 25 heavy (non-hydrogen) atoms. The van der Waals surface area contributed by atoms with E-state index in [1.165, 1.54) is 12.1 Å². The SMILES string of the molecule is Cl.NC[C@H](CC(=O)O)c1cc(Br)c(Cl)c(-c2cccc(C(=O)O)c2)c1. The summed E-state index contributed by atoms with van der Waals surface area (Å²) in [5.74, 6) is -2.34. The average Bonchev–Trinajstić information content (AvgIpc) is 2.55. The van der Waals surface area contributed by atoms with E-state index >= 15 is 0 Å². The molecule has 0 radical (unpaired) electrons. The van der Waals surface area contributed by atoms with E-state index in [0.29, 0.717) is 20.6 Å². The molecule has 8 heteroatoms. The van der Waals surface area contributed by atoms with Crippen molar-refractivity contribution in [3.05, 3.63) is 57.0 Å². The molecule has 0 aromatic heterocycles. The molecule has 5 nitrogen and oxygen atoms in total. The third-order valence-electron chi connectivity index (χ3n) is 3.65. The van der Waals surface area contributed by atoms with Crippen molar-refractivity contribution in [1.82, 2.24) is 0 Å². The summed E-state index contributed by atoms with van der Waals surface area (Å²) in [5, 5.41) is 18.6. The number of carboxylic acids is 2.